The third-order valence-electron chi connectivity index (χ3n) is 4.26. The normalized spacial score (nSPS) is 16.4. The maximum Gasteiger partial charge on any atom is 0.185 e. The molecule has 0 radical (unpaired) electrons. The number of benzene rings is 1. The van der Waals surface area contributed by atoms with Gasteiger partial charge in [0.25, 0.3) is 0 Å². The van der Waals surface area contributed by atoms with Crippen molar-refractivity contribution in [1.82, 2.24) is 4.90 Å². The Morgan fingerprint density at radius 2 is 2.09 bits per heavy atom. The minimum atomic E-state index is -0.365. The first kappa shape index (κ1) is 15.7. The van der Waals surface area contributed by atoms with Gasteiger partial charge in [-0.1, -0.05) is 0 Å². The summed E-state index contributed by atoms with van der Waals surface area (Å²) in [6.07, 6.45) is 2.83. The van der Waals surface area contributed by atoms with Crippen molar-refractivity contribution >= 4 is 6.29 Å². The van der Waals surface area contributed by atoms with E-state index < -0.39 is 0 Å². The molecule has 1 fully saturated rings. The molecule has 122 valence electrons. The number of aldehydes is 1. The second kappa shape index (κ2) is 6.96. The van der Waals surface area contributed by atoms with Gasteiger partial charge in [0, 0.05) is 0 Å². The van der Waals surface area contributed by atoms with Crippen molar-refractivity contribution in [2.75, 3.05) is 26.7 Å². The summed E-state index contributed by atoms with van der Waals surface area (Å²) in [5.74, 6) is 1.37. The molecule has 0 spiro atoms. The van der Waals surface area contributed by atoms with E-state index in [1.165, 1.54) is 12.1 Å². The zero-order chi connectivity index (χ0) is 16.2. The lowest BCUT2D eigenvalue weighted by molar-refractivity contribution is 0.110. The van der Waals surface area contributed by atoms with Crippen LogP contribution >= 0.6 is 0 Å². The maximum atomic E-state index is 13.6. The second-order valence-corrected chi connectivity index (χ2v) is 6.02. The standard InChI is InChI=1S/C18H20FNO3/c1-20-8-6-13(7-9-20)12-22-17-4-2-14(19)10-16(17)18-5-3-15(11-21)23-18/h2-5,10-11,13H,6-9,12H2,1H3. The zero-order valence-electron chi connectivity index (χ0n) is 13.1. The Bertz CT molecular complexity index is 675. The summed E-state index contributed by atoms with van der Waals surface area (Å²) < 4.78 is 24.9. The first-order valence-electron chi connectivity index (χ1n) is 7.82. The highest BCUT2D eigenvalue weighted by molar-refractivity contribution is 5.74. The third kappa shape index (κ3) is 3.79. The Balaban J connectivity index is 1.75. The van der Waals surface area contributed by atoms with Crippen LogP contribution in [-0.4, -0.2) is 37.9 Å². The topological polar surface area (TPSA) is 42.7 Å². The van der Waals surface area contributed by atoms with Crippen molar-refractivity contribution < 1.29 is 18.3 Å². The van der Waals surface area contributed by atoms with Gasteiger partial charge in [0.15, 0.2) is 12.0 Å². The molecule has 23 heavy (non-hydrogen) atoms. The average molecular weight is 317 g/mol. The molecule has 1 aliphatic rings. The Hall–Kier alpha value is -2.14. The van der Waals surface area contributed by atoms with Crippen molar-refractivity contribution in [3.63, 3.8) is 0 Å². The molecule has 0 aliphatic carbocycles. The highest BCUT2D eigenvalue weighted by Gasteiger charge is 2.19. The van der Waals surface area contributed by atoms with E-state index in [2.05, 4.69) is 11.9 Å². The lowest BCUT2D eigenvalue weighted by Crippen LogP contribution is -2.32. The SMILES string of the molecule is CN1CCC(COc2ccc(F)cc2-c2ccc(C=O)o2)CC1. The van der Waals surface area contributed by atoms with Gasteiger partial charge in [0.05, 0.1) is 12.2 Å². The lowest BCUT2D eigenvalue weighted by atomic mass is 9.98. The Labute approximate surface area is 134 Å². The molecule has 2 heterocycles. The number of hydrogen-bond donors (Lipinski definition) is 0. The number of carbonyl (C=O) groups is 1. The molecule has 0 amide bonds. The number of piperidine rings is 1. The molecule has 1 aromatic heterocycles. The molecule has 0 N–H and O–H groups in total. The minimum absolute atomic E-state index is 0.213. The van der Waals surface area contributed by atoms with Crippen molar-refractivity contribution in [2.24, 2.45) is 5.92 Å². The summed E-state index contributed by atoms with van der Waals surface area (Å²) in [5, 5.41) is 0. The summed E-state index contributed by atoms with van der Waals surface area (Å²) in [6, 6.07) is 7.58. The third-order valence-corrected chi connectivity index (χ3v) is 4.26. The van der Waals surface area contributed by atoms with E-state index in [1.54, 1.807) is 18.2 Å². The van der Waals surface area contributed by atoms with Crippen LogP contribution in [0.5, 0.6) is 5.75 Å². The smallest absolute Gasteiger partial charge is 0.185 e. The molecule has 5 heteroatoms. The van der Waals surface area contributed by atoms with Crippen LogP contribution in [0, 0.1) is 11.7 Å². The van der Waals surface area contributed by atoms with Crippen LogP contribution in [-0.2, 0) is 0 Å². The minimum Gasteiger partial charge on any atom is -0.493 e. The van der Waals surface area contributed by atoms with Crippen molar-refractivity contribution in [1.29, 1.82) is 0 Å². The highest BCUT2D eigenvalue weighted by Crippen LogP contribution is 2.32. The molecule has 1 aliphatic heterocycles. The van der Waals surface area contributed by atoms with Gasteiger partial charge in [-0.05, 0) is 69.2 Å². The predicted molar refractivity (Wildman–Crippen MR) is 85.2 cm³/mol. The molecule has 4 nitrogen and oxygen atoms in total. The number of nitrogens with zero attached hydrogens (tertiary/aromatic N) is 1. The fourth-order valence-electron chi connectivity index (χ4n) is 2.82. The fraction of sp³-hybridized carbons (Fsp3) is 0.389. The van der Waals surface area contributed by atoms with E-state index in [0.717, 1.165) is 25.9 Å². The van der Waals surface area contributed by atoms with Crippen LogP contribution in [0.4, 0.5) is 4.39 Å². The lowest BCUT2D eigenvalue weighted by Gasteiger charge is -2.28. The van der Waals surface area contributed by atoms with Crippen molar-refractivity contribution in [3.05, 3.63) is 41.9 Å². The average Bonchev–Trinajstić information content (AvgIpc) is 3.04. The zero-order valence-corrected chi connectivity index (χ0v) is 13.1. The molecule has 0 atom stereocenters. The van der Waals surface area contributed by atoms with E-state index in [4.69, 9.17) is 9.15 Å². The van der Waals surface area contributed by atoms with Crippen LogP contribution in [0.2, 0.25) is 0 Å². The van der Waals surface area contributed by atoms with Crippen LogP contribution in [0.1, 0.15) is 23.4 Å². The fourth-order valence-corrected chi connectivity index (χ4v) is 2.82. The number of likely N-dealkylation sites (tertiary alicyclic amines) is 1. The van der Waals surface area contributed by atoms with Gasteiger partial charge in [0.2, 0.25) is 0 Å². The Kier molecular flexibility index (Phi) is 4.76. The van der Waals surface area contributed by atoms with Gasteiger partial charge < -0.3 is 14.1 Å². The highest BCUT2D eigenvalue weighted by atomic mass is 19.1. The van der Waals surface area contributed by atoms with Crippen molar-refractivity contribution in [2.45, 2.75) is 12.8 Å². The van der Waals surface area contributed by atoms with Gasteiger partial charge in [-0.15, -0.1) is 0 Å². The van der Waals surface area contributed by atoms with Gasteiger partial charge in [-0.25, -0.2) is 4.39 Å². The summed E-state index contributed by atoms with van der Waals surface area (Å²) >= 11 is 0. The van der Waals surface area contributed by atoms with E-state index in [0.29, 0.717) is 35.9 Å². The molecular weight excluding hydrogens is 297 g/mol. The second-order valence-electron chi connectivity index (χ2n) is 6.02. The van der Waals surface area contributed by atoms with Crippen LogP contribution < -0.4 is 4.74 Å². The largest absolute Gasteiger partial charge is 0.493 e. The molecule has 1 saturated heterocycles. The first-order chi connectivity index (χ1) is 11.2. The van der Waals surface area contributed by atoms with Gasteiger partial charge in [0.1, 0.15) is 17.3 Å². The first-order valence-corrected chi connectivity index (χ1v) is 7.82. The molecular formula is C18H20FNO3. The quantitative estimate of drug-likeness (QED) is 0.790. The van der Waals surface area contributed by atoms with E-state index >= 15 is 0 Å². The Morgan fingerprint density at radius 1 is 1.30 bits per heavy atom. The molecule has 0 bridgehead atoms. The van der Waals surface area contributed by atoms with Crippen LogP contribution in [0.25, 0.3) is 11.3 Å². The maximum absolute atomic E-state index is 13.6. The van der Waals surface area contributed by atoms with Gasteiger partial charge in [-0.3, -0.25) is 4.79 Å². The number of ether oxygens (including phenoxy) is 1. The monoisotopic (exact) mass is 317 g/mol. The van der Waals surface area contributed by atoms with Gasteiger partial charge >= 0.3 is 0 Å². The molecule has 0 saturated carbocycles. The number of carbonyl (C=O) groups excluding carboxylic acids is 1. The number of rotatable bonds is 5. The number of hydrogen-bond acceptors (Lipinski definition) is 4. The number of furan rings is 1. The van der Waals surface area contributed by atoms with E-state index in [-0.39, 0.29) is 11.6 Å². The molecule has 1 aromatic carbocycles. The molecule has 2 aromatic rings. The summed E-state index contributed by atoms with van der Waals surface area (Å²) in [5.41, 5.74) is 0.533. The van der Waals surface area contributed by atoms with Crippen molar-refractivity contribution in [3.8, 4) is 17.1 Å². The van der Waals surface area contributed by atoms with E-state index in [9.17, 15) is 9.18 Å². The Morgan fingerprint density at radius 3 is 2.78 bits per heavy atom. The number of halogens is 1. The van der Waals surface area contributed by atoms with Crippen LogP contribution in [0.15, 0.2) is 34.7 Å². The van der Waals surface area contributed by atoms with E-state index in [1.807, 2.05) is 0 Å². The summed E-state index contributed by atoms with van der Waals surface area (Å²) in [7, 11) is 2.12. The molecule has 0 unspecified atom stereocenters. The summed E-state index contributed by atoms with van der Waals surface area (Å²) in [6.45, 7) is 2.75. The van der Waals surface area contributed by atoms with Gasteiger partial charge in [-0.2, -0.15) is 0 Å². The summed E-state index contributed by atoms with van der Waals surface area (Å²) in [4.78, 5) is 13.1. The van der Waals surface area contributed by atoms with Crippen LogP contribution in [0.3, 0.4) is 0 Å². The molecule has 3 rings (SSSR count). The predicted octanol–water partition coefficient (Wildman–Crippen LogP) is 3.62.